The molecular weight excluding hydrogens is 218 g/mol. The van der Waals surface area contributed by atoms with Gasteiger partial charge in [-0.1, -0.05) is 0 Å². The molecule has 0 aromatic carbocycles. The molecule has 4 nitrogen and oxygen atoms in total. The van der Waals surface area contributed by atoms with Gasteiger partial charge < -0.3 is 14.8 Å². The minimum atomic E-state index is -0.00895. The van der Waals surface area contributed by atoms with Crippen LogP contribution in [0.1, 0.15) is 39.0 Å². The summed E-state index contributed by atoms with van der Waals surface area (Å²) < 4.78 is 10.1. The number of carbonyl (C=O) groups excluding carboxylic acids is 1. The molecule has 1 saturated carbocycles. The molecule has 0 atom stereocenters. The van der Waals surface area contributed by atoms with Crippen molar-refractivity contribution in [1.29, 1.82) is 0 Å². The van der Waals surface area contributed by atoms with E-state index in [9.17, 15) is 4.79 Å². The van der Waals surface area contributed by atoms with Gasteiger partial charge in [0.15, 0.2) is 0 Å². The van der Waals surface area contributed by atoms with Crippen molar-refractivity contribution in [3.63, 3.8) is 0 Å². The summed E-state index contributed by atoms with van der Waals surface area (Å²) in [5, 5.41) is 3.52. The fraction of sp³-hybridized carbons (Fsp3) is 0.923. The van der Waals surface area contributed by atoms with E-state index in [-0.39, 0.29) is 11.9 Å². The van der Waals surface area contributed by atoms with Crippen LogP contribution in [0.25, 0.3) is 0 Å². The molecule has 0 saturated heterocycles. The van der Waals surface area contributed by atoms with Crippen LogP contribution < -0.4 is 5.32 Å². The first-order valence-electron chi connectivity index (χ1n) is 6.66. The Hall–Kier alpha value is -0.610. The van der Waals surface area contributed by atoms with Gasteiger partial charge in [-0.3, -0.25) is 4.79 Å². The molecular formula is C13H25NO3. The van der Waals surface area contributed by atoms with Crippen LogP contribution in [-0.2, 0) is 14.3 Å². The number of ether oxygens (including phenoxy) is 2. The predicted molar refractivity (Wildman–Crippen MR) is 66.9 cm³/mol. The maximum atomic E-state index is 11.5. The lowest BCUT2D eigenvalue weighted by molar-refractivity contribution is -0.149. The second-order valence-corrected chi connectivity index (χ2v) is 4.60. The zero-order valence-electron chi connectivity index (χ0n) is 11.0. The van der Waals surface area contributed by atoms with Gasteiger partial charge in [-0.15, -0.1) is 0 Å². The fourth-order valence-electron chi connectivity index (χ4n) is 2.32. The van der Waals surface area contributed by atoms with Crippen molar-refractivity contribution in [2.45, 2.75) is 45.1 Å². The average molecular weight is 243 g/mol. The van der Waals surface area contributed by atoms with E-state index in [0.717, 1.165) is 45.3 Å². The summed E-state index contributed by atoms with van der Waals surface area (Å²) in [5.41, 5.74) is 0. The van der Waals surface area contributed by atoms with E-state index in [0.29, 0.717) is 12.6 Å². The molecule has 0 heterocycles. The van der Waals surface area contributed by atoms with Gasteiger partial charge in [-0.05, 0) is 45.6 Å². The van der Waals surface area contributed by atoms with Crippen LogP contribution in [0, 0.1) is 5.92 Å². The third-order valence-electron chi connectivity index (χ3n) is 3.31. The number of esters is 1. The van der Waals surface area contributed by atoms with Gasteiger partial charge in [0, 0.05) is 19.8 Å². The number of rotatable bonds is 7. The van der Waals surface area contributed by atoms with E-state index in [1.165, 1.54) is 0 Å². The quantitative estimate of drug-likeness (QED) is 0.546. The van der Waals surface area contributed by atoms with Gasteiger partial charge in [0.1, 0.15) is 0 Å². The Bertz CT molecular complexity index is 213. The Balaban J connectivity index is 2.11. The number of hydrogen-bond acceptors (Lipinski definition) is 4. The highest BCUT2D eigenvalue weighted by atomic mass is 16.5. The minimum absolute atomic E-state index is 0.00895. The fourth-order valence-corrected chi connectivity index (χ4v) is 2.32. The normalized spacial score (nSPS) is 24.6. The minimum Gasteiger partial charge on any atom is -0.466 e. The summed E-state index contributed by atoms with van der Waals surface area (Å²) >= 11 is 0. The second kappa shape index (κ2) is 8.48. The van der Waals surface area contributed by atoms with Crippen molar-refractivity contribution in [1.82, 2.24) is 5.32 Å². The van der Waals surface area contributed by atoms with E-state index in [4.69, 9.17) is 9.47 Å². The van der Waals surface area contributed by atoms with E-state index < -0.39 is 0 Å². The first-order chi connectivity index (χ1) is 8.27. The monoisotopic (exact) mass is 243 g/mol. The lowest BCUT2D eigenvalue weighted by Gasteiger charge is -2.27. The van der Waals surface area contributed by atoms with Crippen molar-refractivity contribution < 1.29 is 14.3 Å². The summed E-state index contributed by atoms with van der Waals surface area (Å²) in [7, 11) is 1.73. The third-order valence-corrected chi connectivity index (χ3v) is 3.31. The zero-order chi connectivity index (χ0) is 12.5. The van der Waals surface area contributed by atoms with Gasteiger partial charge >= 0.3 is 5.97 Å². The highest BCUT2D eigenvalue weighted by Crippen LogP contribution is 2.25. The molecule has 100 valence electrons. The summed E-state index contributed by atoms with van der Waals surface area (Å²) in [6.07, 6.45) is 5.13. The van der Waals surface area contributed by atoms with Crippen LogP contribution in [-0.4, -0.2) is 38.9 Å². The maximum Gasteiger partial charge on any atom is 0.308 e. The van der Waals surface area contributed by atoms with Crippen LogP contribution >= 0.6 is 0 Å². The van der Waals surface area contributed by atoms with E-state index in [2.05, 4.69) is 5.32 Å². The SMILES string of the molecule is CCOC(=O)C1CCC(NCCCOC)CC1. The van der Waals surface area contributed by atoms with Crippen LogP contribution in [0.3, 0.4) is 0 Å². The highest BCUT2D eigenvalue weighted by molar-refractivity contribution is 5.72. The summed E-state index contributed by atoms with van der Waals surface area (Å²) in [6, 6.07) is 0.567. The van der Waals surface area contributed by atoms with Gasteiger partial charge in [0.2, 0.25) is 0 Å². The molecule has 0 aliphatic heterocycles. The number of nitrogens with one attached hydrogen (secondary N) is 1. The summed E-state index contributed by atoms with van der Waals surface area (Å²) in [5.74, 6) is 0.123. The topological polar surface area (TPSA) is 47.6 Å². The Morgan fingerprint density at radius 3 is 2.59 bits per heavy atom. The Kier molecular flexibility index (Phi) is 7.21. The van der Waals surface area contributed by atoms with Crippen LogP contribution in [0.2, 0.25) is 0 Å². The summed E-state index contributed by atoms with van der Waals surface area (Å²) in [6.45, 7) is 4.17. The molecule has 0 unspecified atom stereocenters. The predicted octanol–water partition coefficient (Wildman–Crippen LogP) is 1.73. The Morgan fingerprint density at radius 2 is 2.00 bits per heavy atom. The van der Waals surface area contributed by atoms with Crippen LogP contribution in [0.15, 0.2) is 0 Å². The zero-order valence-corrected chi connectivity index (χ0v) is 11.0. The van der Waals surface area contributed by atoms with E-state index in [1.54, 1.807) is 7.11 Å². The smallest absolute Gasteiger partial charge is 0.308 e. The van der Waals surface area contributed by atoms with Crippen molar-refractivity contribution >= 4 is 5.97 Å². The van der Waals surface area contributed by atoms with Crippen molar-refractivity contribution in [2.75, 3.05) is 26.9 Å². The molecule has 1 aliphatic carbocycles. The second-order valence-electron chi connectivity index (χ2n) is 4.60. The molecule has 1 N–H and O–H groups in total. The molecule has 1 aliphatic rings. The molecule has 1 fully saturated rings. The molecule has 0 radical (unpaired) electrons. The molecule has 1 rings (SSSR count). The number of carbonyl (C=O) groups is 1. The first-order valence-corrected chi connectivity index (χ1v) is 6.66. The average Bonchev–Trinajstić information content (AvgIpc) is 2.36. The van der Waals surface area contributed by atoms with Crippen LogP contribution in [0.5, 0.6) is 0 Å². The van der Waals surface area contributed by atoms with Crippen molar-refractivity contribution in [3.05, 3.63) is 0 Å². The van der Waals surface area contributed by atoms with Gasteiger partial charge in [-0.25, -0.2) is 0 Å². The highest BCUT2D eigenvalue weighted by Gasteiger charge is 2.26. The number of methoxy groups -OCH3 is 1. The summed E-state index contributed by atoms with van der Waals surface area (Å²) in [4.78, 5) is 11.5. The van der Waals surface area contributed by atoms with E-state index >= 15 is 0 Å². The number of hydrogen-bond donors (Lipinski definition) is 1. The van der Waals surface area contributed by atoms with Gasteiger partial charge in [0.25, 0.3) is 0 Å². The van der Waals surface area contributed by atoms with E-state index in [1.807, 2.05) is 6.92 Å². The molecule has 0 bridgehead atoms. The molecule has 0 aromatic heterocycles. The Morgan fingerprint density at radius 1 is 1.29 bits per heavy atom. The lowest BCUT2D eigenvalue weighted by Crippen LogP contribution is -2.36. The molecule has 0 spiro atoms. The van der Waals surface area contributed by atoms with Crippen LogP contribution in [0.4, 0.5) is 0 Å². The molecule has 0 amide bonds. The maximum absolute atomic E-state index is 11.5. The molecule has 0 aromatic rings. The first kappa shape index (κ1) is 14.5. The molecule has 4 heteroatoms. The standard InChI is InChI=1S/C13H25NO3/c1-3-17-13(15)11-5-7-12(8-6-11)14-9-4-10-16-2/h11-12,14H,3-10H2,1-2H3. The van der Waals surface area contributed by atoms with Crippen molar-refractivity contribution in [3.8, 4) is 0 Å². The van der Waals surface area contributed by atoms with Gasteiger partial charge in [0.05, 0.1) is 12.5 Å². The largest absolute Gasteiger partial charge is 0.466 e. The Labute approximate surface area is 104 Å². The van der Waals surface area contributed by atoms with Crippen molar-refractivity contribution in [2.24, 2.45) is 5.92 Å². The lowest BCUT2D eigenvalue weighted by atomic mass is 9.86. The molecule has 17 heavy (non-hydrogen) atoms. The van der Waals surface area contributed by atoms with Gasteiger partial charge in [-0.2, -0.15) is 0 Å². The third kappa shape index (κ3) is 5.50.